The van der Waals surface area contributed by atoms with Gasteiger partial charge in [-0.15, -0.1) is 0 Å². The topological polar surface area (TPSA) is 9.23 Å². The van der Waals surface area contributed by atoms with E-state index in [1.54, 1.807) is 0 Å². The van der Waals surface area contributed by atoms with Gasteiger partial charge in [0.05, 0.1) is 0 Å². The van der Waals surface area contributed by atoms with E-state index in [0.29, 0.717) is 0 Å². The van der Waals surface area contributed by atoms with Gasteiger partial charge in [-0.2, -0.15) is 0 Å². The Hall–Kier alpha value is -2.37. The van der Waals surface area contributed by atoms with Crippen molar-refractivity contribution in [2.24, 2.45) is 0 Å². The predicted molar refractivity (Wildman–Crippen MR) is 114 cm³/mol. The summed E-state index contributed by atoms with van der Waals surface area (Å²) in [5.74, 6) is 1.20. The Kier molecular flexibility index (Phi) is 4.91. The first-order chi connectivity index (χ1) is 12.9. The first-order valence-corrected chi connectivity index (χ1v) is 11.3. The van der Waals surface area contributed by atoms with Crippen molar-refractivity contribution in [3.63, 3.8) is 0 Å². The van der Waals surface area contributed by atoms with Crippen molar-refractivity contribution in [1.82, 2.24) is 0 Å². The molecule has 26 heavy (non-hydrogen) atoms. The van der Waals surface area contributed by atoms with E-state index in [0.717, 1.165) is 12.8 Å². The molecule has 3 aromatic rings. The molecular weight excluding hydrogens is 335 g/mol. The average molecular weight is 360 g/mol. The Morgan fingerprint density at radius 2 is 1.04 bits per heavy atom. The maximum atomic E-state index is 5.91. The number of allylic oxidation sites excluding steroid dienone is 2. The summed E-state index contributed by atoms with van der Waals surface area (Å²) in [6.45, 7) is 0. The van der Waals surface area contributed by atoms with Gasteiger partial charge in [0.1, 0.15) is 0 Å². The summed E-state index contributed by atoms with van der Waals surface area (Å²) >= 11 is 0. The van der Waals surface area contributed by atoms with Gasteiger partial charge in [-0.05, 0) is 0 Å². The van der Waals surface area contributed by atoms with Gasteiger partial charge in [-0.3, -0.25) is 0 Å². The molecule has 4 rings (SSSR count). The van der Waals surface area contributed by atoms with Crippen molar-refractivity contribution < 1.29 is 4.74 Å². The zero-order chi connectivity index (χ0) is 17.8. The van der Waals surface area contributed by atoms with E-state index in [1.807, 2.05) is 7.11 Å². The molecule has 0 N–H and O–H groups in total. The monoisotopic (exact) mass is 360 g/mol. The van der Waals surface area contributed by atoms with Crippen LogP contribution in [-0.4, -0.2) is 7.11 Å². The number of benzene rings is 3. The van der Waals surface area contributed by atoms with Crippen LogP contribution in [-0.2, 0) is 4.74 Å². The van der Waals surface area contributed by atoms with Crippen LogP contribution >= 0.6 is 7.26 Å². The molecule has 0 saturated carbocycles. The zero-order valence-electron chi connectivity index (χ0n) is 15.2. The second-order valence-corrected chi connectivity index (χ2v) is 10.6. The third-order valence-electron chi connectivity index (χ3n) is 5.49. The quantitative estimate of drug-likeness (QED) is 0.597. The van der Waals surface area contributed by atoms with Gasteiger partial charge in [0, 0.05) is 0 Å². The van der Waals surface area contributed by atoms with Crippen molar-refractivity contribution in [2.75, 3.05) is 7.11 Å². The van der Waals surface area contributed by atoms with Gasteiger partial charge in [0.15, 0.2) is 0 Å². The van der Waals surface area contributed by atoms with Crippen molar-refractivity contribution in [2.45, 2.75) is 19.3 Å². The number of rotatable bonds is 5. The Labute approximate surface area is 156 Å². The van der Waals surface area contributed by atoms with Crippen molar-refractivity contribution in [1.29, 1.82) is 0 Å². The Bertz CT molecular complexity index is 789. The number of ether oxygens (including phenoxy) is 1. The van der Waals surface area contributed by atoms with Crippen molar-refractivity contribution in [3.05, 3.63) is 102 Å². The summed E-state index contributed by atoms with van der Waals surface area (Å²) in [6, 6.07) is 33.2. The summed E-state index contributed by atoms with van der Waals surface area (Å²) in [5, 5.41) is 5.83. The Morgan fingerprint density at radius 3 is 1.42 bits per heavy atom. The minimum absolute atomic E-state index is 1.05. The molecule has 2 heteroatoms. The van der Waals surface area contributed by atoms with E-state index in [-0.39, 0.29) is 0 Å². The second-order valence-electron chi connectivity index (χ2n) is 6.81. The standard InChI is InChI=1S/C24H25OP/c1-25-23-18-11-19-24(23)26(20-12-5-2-6-13-20,21-14-7-3-8-15-21)22-16-9-4-10-17-22/h2-10,12-17,26H,11,18-19H2,1H3. The van der Waals surface area contributed by atoms with E-state index < -0.39 is 7.26 Å². The third-order valence-corrected chi connectivity index (χ3v) is 10.5. The molecule has 1 nitrogen and oxygen atoms in total. The summed E-state index contributed by atoms with van der Waals surface area (Å²) in [6.07, 6.45) is 3.35. The van der Waals surface area contributed by atoms with E-state index >= 15 is 0 Å². The number of hydrogen-bond donors (Lipinski definition) is 0. The number of hydrogen-bond acceptors (Lipinski definition) is 1. The van der Waals surface area contributed by atoms with Crippen LogP contribution < -0.4 is 15.9 Å². The molecule has 0 atom stereocenters. The van der Waals surface area contributed by atoms with Crippen LogP contribution in [0.4, 0.5) is 0 Å². The number of methoxy groups -OCH3 is 1. The molecule has 0 saturated heterocycles. The first kappa shape index (κ1) is 17.1. The zero-order valence-corrected chi connectivity index (χ0v) is 16.2. The molecule has 0 heterocycles. The van der Waals surface area contributed by atoms with Crippen LogP contribution in [0, 0.1) is 0 Å². The first-order valence-electron chi connectivity index (χ1n) is 9.30. The normalized spacial score (nSPS) is 15.1. The Balaban J connectivity index is 2.11. The van der Waals surface area contributed by atoms with Crippen LogP contribution in [0.25, 0.3) is 0 Å². The molecule has 0 fully saturated rings. The molecule has 0 aliphatic heterocycles. The fourth-order valence-electron chi connectivity index (χ4n) is 4.43. The third kappa shape index (κ3) is 2.77. The molecule has 1 aliphatic rings. The van der Waals surface area contributed by atoms with Gasteiger partial charge in [0.25, 0.3) is 0 Å². The van der Waals surface area contributed by atoms with Gasteiger partial charge < -0.3 is 0 Å². The maximum absolute atomic E-state index is 5.91. The van der Waals surface area contributed by atoms with E-state index in [2.05, 4.69) is 91.0 Å². The van der Waals surface area contributed by atoms with Gasteiger partial charge >= 0.3 is 156 Å². The molecule has 0 unspecified atom stereocenters. The van der Waals surface area contributed by atoms with Gasteiger partial charge in [0.2, 0.25) is 0 Å². The molecule has 3 aromatic carbocycles. The summed E-state index contributed by atoms with van der Waals surface area (Å²) in [7, 11) is -0.486. The van der Waals surface area contributed by atoms with Crippen molar-refractivity contribution in [3.8, 4) is 0 Å². The summed E-state index contributed by atoms with van der Waals surface area (Å²) < 4.78 is 5.91. The van der Waals surface area contributed by atoms with E-state index in [1.165, 1.54) is 33.4 Å². The van der Waals surface area contributed by atoms with E-state index in [9.17, 15) is 0 Å². The molecule has 0 aromatic heterocycles. The molecular formula is C24H25OP. The molecule has 0 bridgehead atoms. The molecule has 132 valence electrons. The molecule has 1 aliphatic carbocycles. The fourth-order valence-corrected chi connectivity index (χ4v) is 9.74. The minimum atomic E-state index is -2.32. The average Bonchev–Trinajstić information content (AvgIpc) is 3.20. The van der Waals surface area contributed by atoms with Crippen LogP contribution in [0.15, 0.2) is 102 Å². The van der Waals surface area contributed by atoms with Crippen LogP contribution in [0.1, 0.15) is 19.3 Å². The summed E-state index contributed by atoms with van der Waals surface area (Å²) in [4.78, 5) is 0. The fraction of sp³-hybridized carbons (Fsp3) is 0.167. The SMILES string of the molecule is COC1=C([PH](c2ccccc2)(c2ccccc2)c2ccccc2)CCC1. The van der Waals surface area contributed by atoms with Crippen LogP contribution in [0.3, 0.4) is 0 Å². The molecule has 0 amide bonds. The van der Waals surface area contributed by atoms with Gasteiger partial charge in [-0.25, -0.2) is 0 Å². The molecule has 0 spiro atoms. The Morgan fingerprint density at radius 1 is 0.615 bits per heavy atom. The van der Waals surface area contributed by atoms with Crippen LogP contribution in [0.5, 0.6) is 0 Å². The second kappa shape index (κ2) is 7.48. The van der Waals surface area contributed by atoms with E-state index in [4.69, 9.17) is 4.74 Å². The van der Waals surface area contributed by atoms with Crippen molar-refractivity contribution >= 4 is 23.2 Å². The predicted octanol–water partition coefficient (Wildman–Crippen LogP) is 4.75. The van der Waals surface area contributed by atoms with Crippen LogP contribution in [0.2, 0.25) is 0 Å². The molecule has 0 radical (unpaired) electrons. The summed E-state index contributed by atoms with van der Waals surface area (Å²) in [5.41, 5.74) is 0. The van der Waals surface area contributed by atoms with Gasteiger partial charge in [-0.1, -0.05) is 0 Å².